The fraction of sp³-hybridized carbons (Fsp3) is 0.273. The minimum absolute atomic E-state index is 0.147. The van der Waals surface area contributed by atoms with Crippen LogP contribution in [0.2, 0.25) is 0 Å². The molecular formula is C22H20FN5O2. The fourth-order valence-electron chi connectivity index (χ4n) is 3.84. The van der Waals surface area contributed by atoms with Gasteiger partial charge in [0, 0.05) is 47.8 Å². The van der Waals surface area contributed by atoms with Crippen LogP contribution in [0.25, 0.3) is 11.1 Å². The van der Waals surface area contributed by atoms with Crippen LogP contribution in [0.1, 0.15) is 47.3 Å². The van der Waals surface area contributed by atoms with Gasteiger partial charge in [-0.25, -0.2) is 9.37 Å². The first kappa shape index (κ1) is 19.6. The van der Waals surface area contributed by atoms with Crippen molar-refractivity contribution in [1.29, 1.82) is 5.26 Å². The number of nitrogens with two attached hydrogens (primary N) is 1. The summed E-state index contributed by atoms with van der Waals surface area (Å²) in [6, 6.07) is 7.92. The molecule has 2 atom stereocenters. The van der Waals surface area contributed by atoms with Crippen LogP contribution in [-0.4, -0.2) is 20.5 Å². The predicted molar refractivity (Wildman–Crippen MR) is 108 cm³/mol. The van der Waals surface area contributed by atoms with Gasteiger partial charge in [0.2, 0.25) is 0 Å². The second kappa shape index (κ2) is 7.26. The number of pyridine rings is 1. The Hall–Kier alpha value is -3.73. The summed E-state index contributed by atoms with van der Waals surface area (Å²) in [6.07, 6.45) is 1.23. The van der Waals surface area contributed by atoms with Crippen molar-refractivity contribution in [3.05, 3.63) is 58.8 Å². The number of halogens is 1. The van der Waals surface area contributed by atoms with Gasteiger partial charge in [0.15, 0.2) is 17.4 Å². The number of nitrogen functional groups attached to an aromatic ring is 1. The maximum atomic E-state index is 14.0. The van der Waals surface area contributed by atoms with Gasteiger partial charge in [0.1, 0.15) is 23.7 Å². The number of ketones is 1. The number of anilines is 1. The van der Waals surface area contributed by atoms with Crippen LogP contribution in [-0.2, 0) is 13.5 Å². The molecule has 1 aliphatic rings. The highest BCUT2D eigenvalue weighted by molar-refractivity contribution is 5.99. The standard InChI is InChI=1S/C22H20FN5O2/c1-11-6-17-20(18(9-24)28(3)27-17)13-7-19(22(25)26-10-13)30-12(2)16-8-14(23)4-5-15(16)21(11)29/h4-5,7-8,10-12H,6H2,1-3H3,(H2,25,26). The van der Waals surface area contributed by atoms with Crippen molar-refractivity contribution in [1.82, 2.24) is 14.8 Å². The molecule has 1 aliphatic heterocycles. The first-order valence-corrected chi connectivity index (χ1v) is 9.52. The molecule has 0 fully saturated rings. The summed E-state index contributed by atoms with van der Waals surface area (Å²) in [7, 11) is 1.68. The smallest absolute Gasteiger partial charge is 0.166 e. The van der Waals surface area contributed by atoms with E-state index in [2.05, 4.69) is 16.2 Å². The molecule has 8 heteroatoms. The van der Waals surface area contributed by atoms with E-state index in [4.69, 9.17) is 10.5 Å². The van der Waals surface area contributed by atoms with E-state index in [0.717, 1.165) is 0 Å². The van der Waals surface area contributed by atoms with Crippen LogP contribution >= 0.6 is 0 Å². The molecule has 2 N–H and O–H groups in total. The van der Waals surface area contributed by atoms with E-state index in [0.29, 0.717) is 40.1 Å². The predicted octanol–water partition coefficient (Wildman–Crippen LogP) is 3.59. The third-order valence-corrected chi connectivity index (χ3v) is 5.36. The highest BCUT2D eigenvalue weighted by Crippen LogP contribution is 2.36. The number of benzene rings is 1. The number of Topliss-reactive ketones (excluding diaryl/α,β-unsaturated/α-hetero) is 1. The van der Waals surface area contributed by atoms with Gasteiger partial charge in [0.05, 0.1) is 5.69 Å². The number of carbonyl (C=O) groups excluding carboxylic acids is 1. The normalized spacial score (nSPS) is 18.3. The van der Waals surface area contributed by atoms with Gasteiger partial charge < -0.3 is 10.5 Å². The van der Waals surface area contributed by atoms with Gasteiger partial charge in [0.25, 0.3) is 0 Å². The number of nitrogens with zero attached hydrogens (tertiary/aromatic N) is 4. The van der Waals surface area contributed by atoms with Crippen molar-refractivity contribution in [2.75, 3.05) is 5.73 Å². The number of rotatable bonds is 0. The van der Waals surface area contributed by atoms with E-state index >= 15 is 0 Å². The maximum absolute atomic E-state index is 14.0. The molecule has 0 amide bonds. The molecule has 0 spiro atoms. The summed E-state index contributed by atoms with van der Waals surface area (Å²) in [4.78, 5) is 17.5. The Bertz CT molecular complexity index is 1210. The molecule has 0 saturated carbocycles. The molecule has 1 aromatic carbocycles. The lowest BCUT2D eigenvalue weighted by Crippen LogP contribution is -2.19. The second-order valence-electron chi connectivity index (χ2n) is 7.47. The number of aryl methyl sites for hydroxylation is 1. The molecule has 2 unspecified atom stereocenters. The molecule has 0 aliphatic carbocycles. The van der Waals surface area contributed by atoms with Gasteiger partial charge in [-0.2, -0.15) is 10.4 Å². The van der Waals surface area contributed by atoms with E-state index in [1.807, 2.05) is 0 Å². The van der Waals surface area contributed by atoms with Crippen LogP contribution in [0.3, 0.4) is 0 Å². The minimum atomic E-state index is -0.644. The zero-order valence-electron chi connectivity index (χ0n) is 16.8. The lowest BCUT2D eigenvalue weighted by atomic mass is 9.88. The molecule has 0 saturated heterocycles. The van der Waals surface area contributed by atoms with Gasteiger partial charge in [-0.05, 0) is 31.2 Å². The van der Waals surface area contributed by atoms with Crippen molar-refractivity contribution < 1.29 is 13.9 Å². The molecule has 7 nitrogen and oxygen atoms in total. The molecule has 2 bridgehead atoms. The van der Waals surface area contributed by atoms with E-state index in [1.54, 1.807) is 33.2 Å². The summed E-state index contributed by atoms with van der Waals surface area (Å²) in [5.74, 6) is -0.602. The number of carbonyl (C=O) groups is 1. The summed E-state index contributed by atoms with van der Waals surface area (Å²) in [5.41, 5.74) is 9.01. The fourth-order valence-corrected chi connectivity index (χ4v) is 3.84. The number of hydrogen-bond acceptors (Lipinski definition) is 6. The minimum Gasteiger partial charge on any atom is -0.482 e. The lowest BCUT2D eigenvalue weighted by molar-refractivity contribution is 0.0924. The van der Waals surface area contributed by atoms with Crippen molar-refractivity contribution in [2.45, 2.75) is 26.4 Å². The SMILES string of the molecule is CC1Cc2nn(C)c(C#N)c2-c2cnc(N)c(c2)OC(C)c2cc(F)ccc2C1=O. The highest BCUT2D eigenvalue weighted by atomic mass is 19.1. The van der Waals surface area contributed by atoms with Gasteiger partial charge in [-0.15, -0.1) is 0 Å². The number of ether oxygens (including phenoxy) is 1. The molecule has 0 radical (unpaired) electrons. The summed E-state index contributed by atoms with van der Waals surface area (Å²) in [6.45, 7) is 3.52. The number of nitriles is 1. The third kappa shape index (κ3) is 3.18. The molecule has 30 heavy (non-hydrogen) atoms. The topological polar surface area (TPSA) is 107 Å². The van der Waals surface area contributed by atoms with E-state index in [-0.39, 0.29) is 17.4 Å². The Kier molecular flexibility index (Phi) is 4.74. The van der Waals surface area contributed by atoms with Crippen LogP contribution < -0.4 is 10.5 Å². The molecule has 3 heterocycles. The number of hydrogen-bond donors (Lipinski definition) is 1. The average Bonchev–Trinajstić information content (AvgIpc) is 3.03. The largest absolute Gasteiger partial charge is 0.482 e. The Morgan fingerprint density at radius 1 is 1.33 bits per heavy atom. The van der Waals surface area contributed by atoms with Crippen LogP contribution in [0.15, 0.2) is 30.5 Å². The van der Waals surface area contributed by atoms with Crippen LogP contribution in [0, 0.1) is 23.1 Å². The molecule has 3 aromatic rings. The summed E-state index contributed by atoms with van der Waals surface area (Å²) >= 11 is 0. The number of aromatic nitrogens is 3. The number of fused-ring (bicyclic) bond motifs is 5. The molecule has 2 aromatic heterocycles. The molecule has 152 valence electrons. The Morgan fingerprint density at radius 2 is 2.10 bits per heavy atom. The van der Waals surface area contributed by atoms with Gasteiger partial charge >= 0.3 is 0 Å². The van der Waals surface area contributed by atoms with Crippen molar-refractivity contribution >= 4 is 11.6 Å². The van der Waals surface area contributed by atoms with Crippen molar-refractivity contribution in [3.63, 3.8) is 0 Å². The van der Waals surface area contributed by atoms with Crippen molar-refractivity contribution in [2.24, 2.45) is 13.0 Å². The zero-order valence-corrected chi connectivity index (χ0v) is 16.8. The second-order valence-corrected chi connectivity index (χ2v) is 7.47. The molecule has 4 rings (SSSR count). The monoisotopic (exact) mass is 405 g/mol. The first-order valence-electron chi connectivity index (χ1n) is 9.52. The highest BCUT2D eigenvalue weighted by Gasteiger charge is 2.28. The van der Waals surface area contributed by atoms with Crippen molar-refractivity contribution in [3.8, 4) is 22.9 Å². The van der Waals surface area contributed by atoms with Gasteiger partial charge in [-0.3, -0.25) is 9.48 Å². The average molecular weight is 405 g/mol. The summed E-state index contributed by atoms with van der Waals surface area (Å²) in [5, 5.41) is 14.1. The van der Waals surface area contributed by atoms with E-state index in [1.165, 1.54) is 22.9 Å². The first-order chi connectivity index (χ1) is 14.3. The Balaban J connectivity index is 1.98. The third-order valence-electron chi connectivity index (χ3n) is 5.36. The maximum Gasteiger partial charge on any atom is 0.166 e. The van der Waals surface area contributed by atoms with E-state index in [9.17, 15) is 14.4 Å². The summed E-state index contributed by atoms with van der Waals surface area (Å²) < 4.78 is 21.5. The van der Waals surface area contributed by atoms with Crippen LogP contribution in [0.4, 0.5) is 10.2 Å². The van der Waals surface area contributed by atoms with Gasteiger partial charge in [-0.1, -0.05) is 6.92 Å². The van der Waals surface area contributed by atoms with E-state index < -0.39 is 17.8 Å². The Labute approximate surface area is 172 Å². The van der Waals surface area contributed by atoms with Crippen LogP contribution in [0.5, 0.6) is 5.75 Å². The lowest BCUT2D eigenvalue weighted by Gasteiger charge is -2.21. The Morgan fingerprint density at radius 3 is 2.83 bits per heavy atom. The zero-order chi connectivity index (χ0) is 21.6. The quantitative estimate of drug-likeness (QED) is 0.612. The molecular weight excluding hydrogens is 385 g/mol.